The van der Waals surface area contributed by atoms with Gasteiger partial charge in [0.05, 0.1) is 15.4 Å². The first-order chi connectivity index (χ1) is 13.3. The van der Waals surface area contributed by atoms with Crippen molar-refractivity contribution < 1.29 is 18.3 Å². The maximum Gasteiger partial charge on any atom is 0.335 e. The van der Waals surface area contributed by atoms with Crippen LogP contribution < -0.4 is 0 Å². The van der Waals surface area contributed by atoms with Crippen molar-refractivity contribution in [1.82, 2.24) is 0 Å². The molecule has 1 N–H and O–H groups in total. The van der Waals surface area contributed by atoms with Gasteiger partial charge in [0.2, 0.25) is 9.84 Å². The number of hydrogen-bond acceptors (Lipinski definition) is 4. The molecule has 3 aromatic carbocycles. The fourth-order valence-corrected chi connectivity index (χ4v) is 5.57. The monoisotopic (exact) mass is 452 g/mol. The quantitative estimate of drug-likeness (QED) is 0.477. The van der Waals surface area contributed by atoms with Crippen LogP contribution in [0.15, 0.2) is 81.4 Å². The molecule has 0 heterocycles. The molecule has 8 heteroatoms. The van der Waals surface area contributed by atoms with Gasteiger partial charge in [-0.05, 0) is 60.2 Å². The number of rotatable bonds is 6. The molecular weight excluding hydrogens is 439 g/mol. The van der Waals surface area contributed by atoms with Crippen molar-refractivity contribution >= 4 is 50.8 Å². The third-order valence-electron chi connectivity index (χ3n) is 3.91. The number of aromatic carboxylic acids is 1. The standard InChI is InChI=1S/C20H14Cl2O4S2/c21-15-5-8-17(9-6-15)28(25,26)19-11-16(22)7-10-18(19)27-12-13-1-3-14(4-2-13)20(23)24/h1-11H,12H2,(H,23,24). The van der Waals surface area contributed by atoms with Gasteiger partial charge in [-0.1, -0.05) is 35.3 Å². The van der Waals surface area contributed by atoms with Crippen LogP contribution in [0.4, 0.5) is 0 Å². The number of halogens is 2. The molecule has 0 aliphatic rings. The van der Waals surface area contributed by atoms with Crippen molar-refractivity contribution in [2.45, 2.75) is 20.4 Å². The molecule has 0 unspecified atom stereocenters. The zero-order chi connectivity index (χ0) is 20.3. The fourth-order valence-electron chi connectivity index (χ4n) is 2.46. The molecule has 3 rings (SSSR count). The van der Waals surface area contributed by atoms with Crippen LogP contribution in [-0.2, 0) is 15.6 Å². The lowest BCUT2D eigenvalue weighted by Gasteiger charge is -2.11. The number of carbonyl (C=O) groups is 1. The summed E-state index contributed by atoms with van der Waals surface area (Å²) >= 11 is 13.2. The van der Waals surface area contributed by atoms with Gasteiger partial charge in [0.25, 0.3) is 0 Å². The Morgan fingerprint density at radius 1 is 0.893 bits per heavy atom. The highest BCUT2D eigenvalue weighted by Gasteiger charge is 2.22. The Morgan fingerprint density at radius 2 is 1.50 bits per heavy atom. The van der Waals surface area contributed by atoms with Crippen LogP contribution in [0.3, 0.4) is 0 Å². The Kier molecular flexibility index (Phi) is 6.35. The molecule has 0 fully saturated rings. The summed E-state index contributed by atoms with van der Waals surface area (Å²) in [4.78, 5) is 11.7. The van der Waals surface area contributed by atoms with E-state index in [1.165, 1.54) is 54.2 Å². The van der Waals surface area contributed by atoms with Crippen LogP contribution in [0.25, 0.3) is 0 Å². The van der Waals surface area contributed by atoms with E-state index in [2.05, 4.69) is 0 Å². The van der Waals surface area contributed by atoms with Crippen LogP contribution in [0.2, 0.25) is 10.0 Å². The van der Waals surface area contributed by atoms with E-state index in [0.717, 1.165) is 5.56 Å². The highest BCUT2D eigenvalue weighted by Crippen LogP contribution is 2.35. The van der Waals surface area contributed by atoms with E-state index in [4.69, 9.17) is 28.3 Å². The second-order valence-corrected chi connectivity index (χ2v) is 9.65. The molecule has 0 amide bonds. The van der Waals surface area contributed by atoms with Gasteiger partial charge in [0.1, 0.15) is 0 Å². The van der Waals surface area contributed by atoms with Gasteiger partial charge in [-0.3, -0.25) is 0 Å². The minimum Gasteiger partial charge on any atom is -0.478 e. The molecule has 0 aliphatic heterocycles. The van der Waals surface area contributed by atoms with E-state index in [9.17, 15) is 13.2 Å². The van der Waals surface area contributed by atoms with Gasteiger partial charge in [0.15, 0.2) is 0 Å². The molecule has 0 atom stereocenters. The maximum absolute atomic E-state index is 13.1. The van der Waals surface area contributed by atoms with Crippen molar-refractivity contribution in [3.8, 4) is 0 Å². The molecule has 0 aliphatic carbocycles. The van der Waals surface area contributed by atoms with Crippen molar-refractivity contribution in [3.05, 3.63) is 87.9 Å². The topological polar surface area (TPSA) is 71.4 Å². The summed E-state index contributed by atoms with van der Waals surface area (Å²) in [5.41, 5.74) is 1.08. The Morgan fingerprint density at radius 3 is 2.11 bits per heavy atom. The number of benzene rings is 3. The lowest BCUT2D eigenvalue weighted by atomic mass is 10.1. The molecule has 0 radical (unpaired) electrons. The number of hydrogen-bond donors (Lipinski definition) is 1. The third kappa shape index (κ3) is 4.70. The van der Waals surface area contributed by atoms with Crippen LogP contribution in [0.5, 0.6) is 0 Å². The number of thioether (sulfide) groups is 1. The summed E-state index contributed by atoms with van der Waals surface area (Å²) in [5, 5.41) is 9.74. The Labute approximate surface area is 177 Å². The summed E-state index contributed by atoms with van der Waals surface area (Å²) in [5.74, 6) is -0.516. The smallest absolute Gasteiger partial charge is 0.335 e. The highest BCUT2D eigenvalue weighted by molar-refractivity contribution is 7.99. The van der Waals surface area contributed by atoms with Crippen molar-refractivity contribution in [2.75, 3.05) is 0 Å². The Balaban J connectivity index is 1.90. The summed E-state index contributed by atoms with van der Waals surface area (Å²) in [6.07, 6.45) is 0. The Hall–Kier alpha value is -1.99. The number of sulfone groups is 1. The molecule has 0 aromatic heterocycles. The summed E-state index contributed by atoms with van der Waals surface area (Å²) in [7, 11) is -3.77. The summed E-state index contributed by atoms with van der Waals surface area (Å²) in [6, 6.07) is 17.2. The van der Waals surface area contributed by atoms with Gasteiger partial charge < -0.3 is 5.11 Å². The molecule has 144 valence electrons. The molecule has 28 heavy (non-hydrogen) atoms. The zero-order valence-electron chi connectivity index (χ0n) is 14.3. The van der Waals surface area contributed by atoms with Gasteiger partial charge in [-0.25, -0.2) is 13.2 Å². The number of carboxylic acid groups (broad SMARTS) is 1. The van der Waals surface area contributed by atoms with E-state index in [0.29, 0.717) is 20.7 Å². The maximum atomic E-state index is 13.1. The van der Waals surface area contributed by atoms with Crippen molar-refractivity contribution in [1.29, 1.82) is 0 Å². The van der Waals surface area contributed by atoms with E-state index in [-0.39, 0.29) is 15.4 Å². The predicted molar refractivity (Wildman–Crippen MR) is 111 cm³/mol. The fraction of sp³-hybridized carbons (Fsp3) is 0.0500. The largest absolute Gasteiger partial charge is 0.478 e. The van der Waals surface area contributed by atoms with E-state index >= 15 is 0 Å². The van der Waals surface area contributed by atoms with E-state index in [1.807, 2.05) is 0 Å². The average Bonchev–Trinajstić information content (AvgIpc) is 2.67. The van der Waals surface area contributed by atoms with Crippen LogP contribution in [0.1, 0.15) is 15.9 Å². The van der Waals surface area contributed by atoms with Gasteiger partial charge in [0, 0.05) is 20.7 Å². The molecular formula is C20H14Cl2O4S2. The number of carboxylic acids is 1. The van der Waals surface area contributed by atoms with Crippen LogP contribution >= 0.6 is 35.0 Å². The molecule has 0 spiro atoms. The highest BCUT2D eigenvalue weighted by atomic mass is 35.5. The SMILES string of the molecule is O=C(O)c1ccc(CSc2ccc(Cl)cc2S(=O)(=O)c2ccc(Cl)cc2)cc1. The molecule has 0 saturated carbocycles. The zero-order valence-corrected chi connectivity index (χ0v) is 17.4. The van der Waals surface area contributed by atoms with Gasteiger partial charge in [-0.2, -0.15) is 0 Å². The molecule has 3 aromatic rings. The lowest BCUT2D eigenvalue weighted by Crippen LogP contribution is -2.04. The van der Waals surface area contributed by atoms with Crippen LogP contribution in [0, 0.1) is 0 Å². The van der Waals surface area contributed by atoms with E-state index in [1.54, 1.807) is 24.3 Å². The lowest BCUT2D eigenvalue weighted by molar-refractivity contribution is 0.0697. The minimum absolute atomic E-state index is 0.120. The second kappa shape index (κ2) is 8.57. The van der Waals surface area contributed by atoms with Gasteiger partial charge in [-0.15, -0.1) is 11.8 Å². The molecule has 4 nitrogen and oxygen atoms in total. The third-order valence-corrected chi connectivity index (χ3v) is 7.48. The van der Waals surface area contributed by atoms with Gasteiger partial charge >= 0.3 is 5.97 Å². The average molecular weight is 453 g/mol. The second-order valence-electron chi connectivity index (χ2n) is 5.84. The molecule has 0 bridgehead atoms. The first kappa shape index (κ1) is 20.7. The van der Waals surface area contributed by atoms with Crippen molar-refractivity contribution in [2.24, 2.45) is 0 Å². The first-order valence-corrected chi connectivity index (χ1v) is 11.2. The summed E-state index contributed by atoms with van der Waals surface area (Å²) in [6.45, 7) is 0. The first-order valence-electron chi connectivity index (χ1n) is 8.02. The van der Waals surface area contributed by atoms with Crippen LogP contribution in [-0.4, -0.2) is 19.5 Å². The predicted octanol–water partition coefficient (Wildman–Crippen LogP) is 5.82. The Bertz CT molecular complexity index is 1110. The normalized spacial score (nSPS) is 11.4. The van der Waals surface area contributed by atoms with E-state index < -0.39 is 15.8 Å². The minimum atomic E-state index is -3.77. The summed E-state index contributed by atoms with van der Waals surface area (Å²) < 4.78 is 26.1. The molecule has 0 saturated heterocycles. The van der Waals surface area contributed by atoms with Crippen molar-refractivity contribution in [3.63, 3.8) is 0 Å².